The SMILES string of the molecule is CC(=O)NC[C@H]1CN(c2ccc(N3CCN(c4nccc(C(F)(F)F)n4)CC3)c(F)c2)C(=O)O1. The average Bonchev–Trinajstić information content (AvgIpc) is 3.18. The Labute approximate surface area is 192 Å². The molecular formula is C21H22F4N6O3. The number of alkyl halides is 3. The average molecular weight is 482 g/mol. The van der Waals surface area contributed by atoms with Gasteiger partial charge < -0.3 is 19.9 Å². The molecule has 0 aliphatic carbocycles. The molecule has 1 aromatic carbocycles. The predicted octanol–water partition coefficient (Wildman–Crippen LogP) is 2.42. The lowest BCUT2D eigenvalue weighted by atomic mass is 10.2. The summed E-state index contributed by atoms with van der Waals surface area (Å²) in [6.07, 6.45) is -4.65. The number of hydrogen-bond donors (Lipinski definition) is 1. The predicted molar refractivity (Wildman–Crippen MR) is 114 cm³/mol. The number of anilines is 3. The highest BCUT2D eigenvalue weighted by Gasteiger charge is 2.34. The summed E-state index contributed by atoms with van der Waals surface area (Å²) in [6, 6.07) is 5.20. The minimum Gasteiger partial charge on any atom is -0.442 e. The molecule has 0 bridgehead atoms. The molecule has 1 N–H and O–H groups in total. The number of nitrogens with zero attached hydrogens (tertiary/aromatic N) is 5. The number of piperazine rings is 1. The number of ether oxygens (including phenoxy) is 1. The van der Waals surface area contributed by atoms with Gasteiger partial charge in [-0.15, -0.1) is 0 Å². The standard InChI is InChI=1S/C21H22F4N6O3/c1-13(32)27-11-15-12-31(20(33)34-15)14-2-3-17(16(22)10-14)29-6-8-30(9-7-29)19-26-5-4-18(28-19)21(23,24)25/h2-5,10,15H,6-9,11-12H2,1H3,(H,27,32)/t15-/m0/s1. The van der Waals surface area contributed by atoms with Crippen LogP contribution in [-0.4, -0.2) is 67.3 Å². The van der Waals surface area contributed by atoms with Gasteiger partial charge in [0.25, 0.3) is 0 Å². The van der Waals surface area contributed by atoms with E-state index in [1.807, 2.05) is 0 Å². The molecule has 0 unspecified atom stereocenters. The quantitative estimate of drug-likeness (QED) is 0.655. The zero-order valence-corrected chi connectivity index (χ0v) is 18.2. The summed E-state index contributed by atoms with van der Waals surface area (Å²) in [4.78, 5) is 35.4. The van der Waals surface area contributed by atoms with E-state index in [0.717, 1.165) is 12.3 Å². The third kappa shape index (κ3) is 5.13. The van der Waals surface area contributed by atoms with E-state index in [1.165, 1.54) is 17.9 Å². The molecule has 34 heavy (non-hydrogen) atoms. The third-order valence-corrected chi connectivity index (χ3v) is 5.53. The van der Waals surface area contributed by atoms with Crippen molar-refractivity contribution in [2.24, 2.45) is 0 Å². The zero-order valence-electron chi connectivity index (χ0n) is 18.2. The minimum absolute atomic E-state index is 0.0216. The number of carbonyl (C=O) groups excluding carboxylic acids is 2. The van der Waals surface area contributed by atoms with Crippen molar-refractivity contribution in [3.05, 3.63) is 42.0 Å². The number of halogens is 4. The lowest BCUT2D eigenvalue weighted by Gasteiger charge is -2.36. The number of aromatic nitrogens is 2. The maximum Gasteiger partial charge on any atom is 0.433 e. The zero-order chi connectivity index (χ0) is 24.5. The summed E-state index contributed by atoms with van der Waals surface area (Å²) in [7, 11) is 0. The molecule has 0 radical (unpaired) electrons. The molecule has 13 heteroatoms. The molecule has 2 amide bonds. The number of benzene rings is 1. The van der Waals surface area contributed by atoms with Crippen molar-refractivity contribution in [2.75, 3.05) is 54.0 Å². The monoisotopic (exact) mass is 482 g/mol. The van der Waals surface area contributed by atoms with E-state index < -0.39 is 29.9 Å². The van der Waals surface area contributed by atoms with E-state index in [4.69, 9.17) is 4.74 Å². The van der Waals surface area contributed by atoms with Crippen LogP contribution < -0.4 is 20.0 Å². The topological polar surface area (TPSA) is 90.9 Å². The van der Waals surface area contributed by atoms with Gasteiger partial charge in [-0.1, -0.05) is 0 Å². The fourth-order valence-electron chi connectivity index (χ4n) is 3.82. The first-order valence-electron chi connectivity index (χ1n) is 10.5. The molecule has 182 valence electrons. The van der Waals surface area contributed by atoms with E-state index in [2.05, 4.69) is 15.3 Å². The molecule has 2 saturated heterocycles. The van der Waals surface area contributed by atoms with Gasteiger partial charge in [-0.2, -0.15) is 13.2 Å². The lowest BCUT2D eigenvalue weighted by Crippen LogP contribution is -2.47. The summed E-state index contributed by atoms with van der Waals surface area (Å²) in [5, 5.41) is 2.58. The summed E-state index contributed by atoms with van der Waals surface area (Å²) >= 11 is 0. The van der Waals surface area contributed by atoms with Gasteiger partial charge in [0.05, 0.1) is 24.5 Å². The van der Waals surface area contributed by atoms with Gasteiger partial charge in [-0.3, -0.25) is 9.69 Å². The Bertz CT molecular complexity index is 1070. The van der Waals surface area contributed by atoms with Crippen molar-refractivity contribution in [3.8, 4) is 0 Å². The van der Waals surface area contributed by atoms with Crippen molar-refractivity contribution in [1.82, 2.24) is 15.3 Å². The van der Waals surface area contributed by atoms with Crippen LogP contribution in [0.2, 0.25) is 0 Å². The Morgan fingerprint density at radius 1 is 1.18 bits per heavy atom. The number of carbonyl (C=O) groups is 2. The second-order valence-corrected chi connectivity index (χ2v) is 7.90. The van der Waals surface area contributed by atoms with Gasteiger partial charge in [0, 0.05) is 39.3 Å². The highest BCUT2D eigenvalue weighted by molar-refractivity contribution is 5.90. The molecule has 4 rings (SSSR count). The van der Waals surface area contributed by atoms with E-state index in [0.29, 0.717) is 37.6 Å². The molecule has 1 aromatic heterocycles. The van der Waals surface area contributed by atoms with Crippen LogP contribution in [0.15, 0.2) is 30.5 Å². The molecular weight excluding hydrogens is 460 g/mol. The summed E-state index contributed by atoms with van der Waals surface area (Å²) in [5.74, 6) is -0.810. The van der Waals surface area contributed by atoms with E-state index in [-0.39, 0.29) is 24.9 Å². The molecule has 0 saturated carbocycles. The normalized spacial score (nSPS) is 18.8. The van der Waals surface area contributed by atoms with Crippen molar-refractivity contribution in [2.45, 2.75) is 19.2 Å². The smallest absolute Gasteiger partial charge is 0.433 e. The molecule has 3 heterocycles. The fraction of sp³-hybridized carbons (Fsp3) is 0.429. The minimum atomic E-state index is -4.56. The Kier molecular flexibility index (Phi) is 6.44. The first-order valence-corrected chi connectivity index (χ1v) is 10.5. The van der Waals surface area contributed by atoms with Crippen LogP contribution in [0.25, 0.3) is 0 Å². The van der Waals surface area contributed by atoms with Crippen LogP contribution in [0.3, 0.4) is 0 Å². The molecule has 2 aliphatic rings. The van der Waals surface area contributed by atoms with Crippen molar-refractivity contribution < 1.29 is 31.9 Å². The number of hydrogen-bond acceptors (Lipinski definition) is 7. The van der Waals surface area contributed by atoms with E-state index in [1.54, 1.807) is 21.9 Å². The van der Waals surface area contributed by atoms with Gasteiger partial charge in [0.1, 0.15) is 17.6 Å². The van der Waals surface area contributed by atoms with E-state index in [9.17, 15) is 27.2 Å². The molecule has 2 aromatic rings. The Morgan fingerprint density at radius 3 is 2.53 bits per heavy atom. The third-order valence-electron chi connectivity index (χ3n) is 5.53. The highest BCUT2D eigenvalue weighted by atomic mass is 19.4. The molecule has 1 atom stereocenters. The van der Waals surface area contributed by atoms with Gasteiger partial charge >= 0.3 is 12.3 Å². The van der Waals surface area contributed by atoms with Gasteiger partial charge in [0.15, 0.2) is 0 Å². The first kappa shape index (κ1) is 23.5. The number of amides is 2. The van der Waals surface area contributed by atoms with Gasteiger partial charge in [-0.05, 0) is 24.3 Å². The van der Waals surface area contributed by atoms with Crippen molar-refractivity contribution >= 4 is 29.3 Å². The van der Waals surface area contributed by atoms with Crippen LogP contribution in [0.5, 0.6) is 0 Å². The first-order chi connectivity index (χ1) is 16.1. The maximum absolute atomic E-state index is 14.9. The summed E-state index contributed by atoms with van der Waals surface area (Å²) in [6.45, 7) is 3.01. The lowest BCUT2D eigenvalue weighted by molar-refractivity contribution is -0.141. The second-order valence-electron chi connectivity index (χ2n) is 7.90. The number of rotatable bonds is 5. The van der Waals surface area contributed by atoms with Crippen molar-refractivity contribution in [1.29, 1.82) is 0 Å². The number of nitrogens with one attached hydrogen (secondary N) is 1. The van der Waals surface area contributed by atoms with Crippen LogP contribution >= 0.6 is 0 Å². The highest BCUT2D eigenvalue weighted by Crippen LogP contribution is 2.30. The number of cyclic esters (lactones) is 1. The maximum atomic E-state index is 14.9. The van der Waals surface area contributed by atoms with Crippen LogP contribution in [0.4, 0.5) is 39.7 Å². The summed E-state index contributed by atoms with van der Waals surface area (Å²) in [5.41, 5.74) is -0.371. The van der Waals surface area contributed by atoms with Gasteiger partial charge in [-0.25, -0.2) is 19.2 Å². The molecule has 2 fully saturated rings. The fourth-order valence-corrected chi connectivity index (χ4v) is 3.82. The van der Waals surface area contributed by atoms with Gasteiger partial charge in [0.2, 0.25) is 11.9 Å². The van der Waals surface area contributed by atoms with E-state index >= 15 is 0 Å². The Hall–Kier alpha value is -3.64. The van der Waals surface area contributed by atoms with Crippen LogP contribution in [0, 0.1) is 5.82 Å². The molecule has 0 spiro atoms. The summed E-state index contributed by atoms with van der Waals surface area (Å²) < 4.78 is 58.9. The Balaban J connectivity index is 1.39. The molecule has 9 nitrogen and oxygen atoms in total. The second kappa shape index (κ2) is 9.31. The van der Waals surface area contributed by atoms with Crippen molar-refractivity contribution in [3.63, 3.8) is 0 Å². The molecule has 2 aliphatic heterocycles. The Morgan fingerprint density at radius 2 is 1.88 bits per heavy atom. The van der Waals surface area contributed by atoms with Crippen LogP contribution in [-0.2, 0) is 15.7 Å². The largest absolute Gasteiger partial charge is 0.442 e. The van der Waals surface area contributed by atoms with Crippen LogP contribution in [0.1, 0.15) is 12.6 Å².